The molecular formula is C18H20N4O. The van der Waals surface area contributed by atoms with Crippen LogP contribution in [-0.2, 0) is 0 Å². The molecule has 23 heavy (non-hydrogen) atoms. The fourth-order valence-corrected chi connectivity index (χ4v) is 2.39. The second-order valence-corrected chi connectivity index (χ2v) is 5.36. The van der Waals surface area contributed by atoms with Gasteiger partial charge in [0.25, 0.3) is 0 Å². The average Bonchev–Trinajstić information content (AvgIpc) is 2.56. The number of ether oxygens (including phenoxy) is 1. The first-order valence-corrected chi connectivity index (χ1v) is 7.61. The van der Waals surface area contributed by atoms with Crippen molar-refractivity contribution in [3.8, 4) is 5.75 Å². The number of anilines is 3. The fraction of sp³-hybridized carbons (Fsp3) is 0.222. The maximum atomic E-state index is 5.45. The van der Waals surface area contributed by atoms with Crippen LogP contribution in [-0.4, -0.2) is 30.7 Å². The minimum absolute atomic E-state index is 0.580. The first-order valence-electron chi connectivity index (χ1n) is 7.61. The number of hydrogen-bond donors (Lipinski definition) is 1. The van der Waals surface area contributed by atoms with Crippen LogP contribution < -0.4 is 15.0 Å². The number of hydrogen-bond acceptors (Lipinski definition) is 5. The van der Waals surface area contributed by atoms with Gasteiger partial charge in [0.1, 0.15) is 11.6 Å². The maximum absolute atomic E-state index is 5.45. The van der Waals surface area contributed by atoms with Gasteiger partial charge in [-0.1, -0.05) is 12.1 Å². The number of nitrogens with zero attached hydrogens (tertiary/aromatic N) is 3. The molecule has 1 aromatic heterocycles. The van der Waals surface area contributed by atoms with Gasteiger partial charge in [-0.25, -0.2) is 4.98 Å². The molecule has 0 radical (unpaired) electrons. The van der Waals surface area contributed by atoms with Crippen molar-refractivity contribution in [2.45, 2.75) is 6.92 Å². The molecule has 0 atom stereocenters. The van der Waals surface area contributed by atoms with E-state index in [-0.39, 0.29) is 0 Å². The van der Waals surface area contributed by atoms with Crippen molar-refractivity contribution in [3.05, 3.63) is 48.5 Å². The highest BCUT2D eigenvalue weighted by Gasteiger charge is 2.09. The number of fused-ring (bicyclic) bond motifs is 1. The summed E-state index contributed by atoms with van der Waals surface area (Å²) in [7, 11) is 3.96. The zero-order valence-corrected chi connectivity index (χ0v) is 13.6. The highest BCUT2D eigenvalue weighted by atomic mass is 16.5. The van der Waals surface area contributed by atoms with Gasteiger partial charge < -0.3 is 15.0 Å². The van der Waals surface area contributed by atoms with Crippen LogP contribution in [0, 0.1) is 0 Å². The van der Waals surface area contributed by atoms with Crippen LogP contribution >= 0.6 is 0 Å². The Morgan fingerprint density at radius 2 is 1.74 bits per heavy atom. The molecule has 0 fully saturated rings. The lowest BCUT2D eigenvalue weighted by Crippen LogP contribution is -2.13. The van der Waals surface area contributed by atoms with Gasteiger partial charge in [-0.3, -0.25) is 0 Å². The van der Waals surface area contributed by atoms with E-state index >= 15 is 0 Å². The molecule has 1 heterocycles. The second-order valence-electron chi connectivity index (χ2n) is 5.36. The molecule has 3 rings (SSSR count). The van der Waals surface area contributed by atoms with Gasteiger partial charge in [0, 0.05) is 25.2 Å². The largest absolute Gasteiger partial charge is 0.494 e. The molecule has 0 amide bonds. The minimum atomic E-state index is 0.580. The third kappa shape index (κ3) is 3.34. The van der Waals surface area contributed by atoms with Gasteiger partial charge >= 0.3 is 0 Å². The molecule has 3 aromatic rings. The first-order chi connectivity index (χ1) is 11.2. The van der Waals surface area contributed by atoms with Crippen LogP contribution in [0.1, 0.15) is 6.92 Å². The van der Waals surface area contributed by atoms with Gasteiger partial charge in [-0.2, -0.15) is 4.98 Å². The minimum Gasteiger partial charge on any atom is -0.494 e. The SMILES string of the molecule is CCOc1ccc(Nc2nc(N(C)C)c3ccccc3n2)cc1. The number of nitrogens with one attached hydrogen (secondary N) is 1. The summed E-state index contributed by atoms with van der Waals surface area (Å²) >= 11 is 0. The molecule has 0 saturated heterocycles. The van der Waals surface area contributed by atoms with Gasteiger partial charge in [0.05, 0.1) is 12.1 Å². The predicted molar refractivity (Wildman–Crippen MR) is 94.8 cm³/mol. The Morgan fingerprint density at radius 1 is 1.00 bits per heavy atom. The normalized spacial score (nSPS) is 10.6. The van der Waals surface area contributed by atoms with Gasteiger partial charge in [0.2, 0.25) is 5.95 Å². The van der Waals surface area contributed by atoms with Crippen molar-refractivity contribution in [1.29, 1.82) is 0 Å². The molecule has 1 N–H and O–H groups in total. The van der Waals surface area contributed by atoms with Crippen LogP contribution in [0.3, 0.4) is 0 Å². The summed E-state index contributed by atoms with van der Waals surface area (Å²) in [6.07, 6.45) is 0. The van der Waals surface area contributed by atoms with Crippen molar-refractivity contribution in [2.75, 3.05) is 30.9 Å². The summed E-state index contributed by atoms with van der Waals surface area (Å²) in [5, 5.41) is 4.29. The van der Waals surface area contributed by atoms with Crippen LogP contribution in [0.15, 0.2) is 48.5 Å². The van der Waals surface area contributed by atoms with E-state index in [0.29, 0.717) is 12.6 Å². The lowest BCUT2D eigenvalue weighted by atomic mass is 10.2. The topological polar surface area (TPSA) is 50.3 Å². The number of para-hydroxylation sites is 1. The summed E-state index contributed by atoms with van der Waals surface area (Å²) in [5.41, 5.74) is 1.84. The molecule has 0 aliphatic rings. The average molecular weight is 308 g/mol. The van der Waals surface area contributed by atoms with Crippen LogP contribution in [0.5, 0.6) is 5.75 Å². The van der Waals surface area contributed by atoms with E-state index in [2.05, 4.69) is 15.3 Å². The van der Waals surface area contributed by atoms with E-state index in [4.69, 9.17) is 4.74 Å². The Kier molecular flexibility index (Phi) is 4.28. The Labute approximate surface area is 135 Å². The van der Waals surface area contributed by atoms with Crippen LogP contribution in [0.4, 0.5) is 17.5 Å². The summed E-state index contributed by atoms with van der Waals surface area (Å²) in [5.74, 6) is 2.33. The van der Waals surface area contributed by atoms with Crippen LogP contribution in [0.2, 0.25) is 0 Å². The third-order valence-electron chi connectivity index (χ3n) is 3.43. The van der Waals surface area contributed by atoms with E-state index in [1.807, 2.05) is 74.4 Å². The monoisotopic (exact) mass is 308 g/mol. The third-order valence-corrected chi connectivity index (χ3v) is 3.43. The summed E-state index contributed by atoms with van der Waals surface area (Å²) in [4.78, 5) is 11.2. The molecule has 2 aromatic carbocycles. The van der Waals surface area contributed by atoms with E-state index in [1.165, 1.54) is 0 Å². The summed E-state index contributed by atoms with van der Waals surface area (Å²) in [6, 6.07) is 15.8. The Bertz CT molecular complexity index is 800. The Morgan fingerprint density at radius 3 is 2.43 bits per heavy atom. The number of rotatable bonds is 5. The first kappa shape index (κ1) is 15.1. The molecule has 0 bridgehead atoms. The van der Waals surface area contributed by atoms with Crippen molar-refractivity contribution in [3.63, 3.8) is 0 Å². The molecular weight excluding hydrogens is 288 g/mol. The molecule has 5 heteroatoms. The maximum Gasteiger partial charge on any atom is 0.229 e. The van der Waals surface area contributed by atoms with Gasteiger partial charge in [-0.15, -0.1) is 0 Å². The zero-order chi connectivity index (χ0) is 16.2. The molecule has 0 aliphatic heterocycles. The second kappa shape index (κ2) is 6.52. The highest BCUT2D eigenvalue weighted by Crippen LogP contribution is 2.25. The molecule has 0 spiro atoms. The molecule has 0 aliphatic carbocycles. The number of aromatic nitrogens is 2. The molecule has 118 valence electrons. The Hall–Kier alpha value is -2.82. The van der Waals surface area contributed by atoms with Crippen molar-refractivity contribution in [2.24, 2.45) is 0 Å². The van der Waals surface area contributed by atoms with E-state index < -0.39 is 0 Å². The van der Waals surface area contributed by atoms with Gasteiger partial charge in [-0.05, 0) is 43.3 Å². The van der Waals surface area contributed by atoms with Crippen LogP contribution in [0.25, 0.3) is 10.9 Å². The fourth-order valence-electron chi connectivity index (χ4n) is 2.39. The van der Waals surface area contributed by atoms with Crippen molar-refractivity contribution < 1.29 is 4.74 Å². The predicted octanol–water partition coefficient (Wildman–Crippen LogP) is 3.84. The van der Waals surface area contributed by atoms with Crippen molar-refractivity contribution in [1.82, 2.24) is 9.97 Å². The van der Waals surface area contributed by atoms with E-state index in [9.17, 15) is 0 Å². The Balaban J connectivity index is 1.93. The summed E-state index contributed by atoms with van der Waals surface area (Å²) in [6.45, 7) is 2.63. The number of benzene rings is 2. The quantitative estimate of drug-likeness (QED) is 0.776. The lowest BCUT2D eigenvalue weighted by molar-refractivity contribution is 0.340. The van der Waals surface area contributed by atoms with E-state index in [1.54, 1.807) is 0 Å². The molecule has 0 unspecified atom stereocenters. The van der Waals surface area contributed by atoms with Gasteiger partial charge in [0.15, 0.2) is 0 Å². The summed E-state index contributed by atoms with van der Waals surface area (Å²) < 4.78 is 5.45. The van der Waals surface area contributed by atoms with Crippen molar-refractivity contribution >= 4 is 28.4 Å². The molecule has 0 saturated carbocycles. The highest BCUT2D eigenvalue weighted by molar-refractivity contribution is 5.90. The van der Waals surface area contributed by atoms with E-state index in [0.717, 1.165) is 28.2 Å². The zero-order valence-electron chi connectivity index (χ0n) is 13.6. The lowest BCUT2D eigenvalue weighted by Gasteiger charge is -2.16. The smallest absolute Gasteiger partial charge is 0.229 e. The standard InChI is InChI=1S/C18H20N4O/c1-4-23-14-11-9-13(10-12-14)19-18-20-16-8-6-5-7-15(16)17(21-18)22(2)3/h5-12H,4H2,1-3H3,(H,19,20,21). The molecule has 5 nitrogen and oxygen atoms in total.